The van der Waals surface area contributed by atoms with Crippen LogP contribution >= 0.6 is 0 Å². The lowest BCUT2D eigenvalue weighted by atomic mass is 10.1. The van der Waals surface area contributed by atoms with Crippen LogP contribution in [0.15, 0.2) is 51.9 Å². The number of hydrogen-bond donors (Lipinski definition) is 0. The number of aryl methyl sites for hydroxylation is 2. The van der Waals surface area contributed by atoms with Gasteiger partial charge in [-0.05, 0) is 49.1 Å². The van der Waals surface area contributed by atoms with Crippen LogP contribution in [0.2, 0.25) is 0 Å². The Balaban J connectivity index is 1.76. The maximum atomic E-state index is 12.8. The average Bonchev–Trinajstić information content (AvgIpc) is 2.69. The van der Waals surface area contributed by atoms with E-state index >= 15 is 0 Å². The van der Waals surface area contributed by atoms with Crippen molar-refractivity contribution >= 4 is 16.9 Å². The predicted octanol–water partition coefficient (Wildman–Crippen LogP) is 4.78. The van der Waals surface area contributed by atoms with Crippen LogP contribution in [0.5, 0.6) is 17.2 Å². The monoisotopic (exact) mass is 396 g/mol. The molecule has 0 amide bonds. The Morgan fingerprint density at radius 1 is 1.07 bits per heavy atom. The van der Waals surface area contributed by atoms with Crippen molar-refractivity contribution in [3.63, 3.8) is 0 Å². The summed E-state index contributed by atoms with van der Waals surface area (Å²) >= 11 is 0. The highest BCUT2D eigenvalue weighted by Crippen LogP contribution is 2.26. The molecular formula is C23H24O6. The summed E-state index contributed by atoms with van der Waals surface area (Å²) in [5, 5.41) is 0.363. The van der Waals surface area contributed by atoms with Gasteiger partial charge in [-0.15, -0.1) is 0 Å². The Kier molecular flexibility index (Phi) is 6.22. The highest BCUT2D eigenvalue weighted by molar-refractivity contribution is 5.79. The number of hydrogen-bond acceptors (Lipinski definition) is 6. The molecule has 0 radical (unpaired) electrons. The molecule has 0 unspecified atom stereocenters. The number of ether oxygens (including phenoxy) is 3. The number of fused-ring (bicyclic) bond motifs is 1. The molecule has 6 heteroatoms. The average molecular weight is 396 g/mol. The van der Waals surface area contributed by atoms with Gasteiger partial charge in [0.15, 0.2) is 6.61 Å². The van der Waals surface area contributed by atoms with Gasteiger partial charge in [-0.2, -0.15) is 0 Å². The first-order chi connectivity index (χ1) is 13.8. The number of esters is 1. The summed E-state index contributed by atoms with van der Waals surface area (Å²) in [5.74, 6) is 0.936. The summed E-state index contributed by atoms with van der Waals surface area (Å²) in [6.45, 7) is 7.91. The van der Waals surface area contributed by atoms with Crippen molar-refractivity contribution in [3.05, 3.63) is 64.0 Å². The lowest BCUT2D eigenvalue weighted by Crippen LogP contribution is -2.17. The van der Waals surface area contributed by atoms with Crippen molar-refractivity contribution in [2.75, 3.05) is 13.2 Å². The molecule has 6 nitrogen and oxygen atoms in total. The van der Waals surface area contributed by atoms with Crippen LogP contribution in [-0.4, -0.2) is 19.2 Å². The Labute approximate surface area is 169 Å². The molecule has 0 spiro atoms. The zero-order valence-electron chi connectivity index (χ0n) is 17.0. The molecule has 1 heterocycles. The Bertz CT molecular complexity index is 1080. The number of carbonyl (C=O) groups is 1. The van der Waals surface area contributed by atoms with Crippen molar-refractivity contribution < 1.29 is 23.4 Å². The Hall–Kier alpha value is -3.28. The van der Waals surface area contributed by atoms with Crippen LogP contribution in [-0.2, 0) is 9.53 Å². The predicted molar refractivity (Wildman–Crippen MR) is 110 cm³/mol. The van der Waals surface area contributed by atoms with Crippen molar-refractivity contribution in [2.24, 2.45) is 5.92 Å². The van der Waals surface area contributed by atoms with Gasteiger partial charge in [0.2, 0.25) is 11.2 Å². The van der Waals surface area contributed by atoms with E-state index in [-0.39, 0.29) is 23.7 Å². The third kappa shape index (κ3) is 5.16. The minimum Gasteiger partial charge on any atom is -0.482 e. The fourth-order valence-electron chi connectivity index (χ4n) is 2.63. The van der Waals surface area contributed by atoms with Crippen LogP contribution < -0.4 is 14.9 Å². The van der Waals surface area contributed by atoms with Crippen LogP contribution in [0, 0.1) is 19.8 Å². The third-order valence-electron chi connectivity index (χ3n) is 4.21. The van der Waals surface area contributed by atoms with Gasteiger partial charge in [0.25, 0.3) is 0 Å². The van der Waals surface area contributed by atoms with Gasteiger partial charge < -0.3 is 18.6 Å². The molecule has 0 aliphatic heterocycles. The zero-order valence-corrected chi connectivity index (χ0v) is 17.0. The van der Waals surface area contributed by atoms with Crippen LogP contribution in [0.1, 0.15) is 25.0 Å². The largest absolute Gasteiger partial charge is 0.482 e. The zero-order chi connectivity index (χ0) is 21.0. The molecule has 0 aliphatic carbocycles. The molecule has 0 aliphatic rings. The third-order valence-corrected chi connectivity index (χ3v) is 4.21. The second-order valence-corrected chi connectivity index (χ2v) is 7.32. The second kappa shape index (κ2) is 8.82. The van der Waals surface area contributed by atoms with E-state index in [1.807, 2.05) is 45.9 Å². The first kappa shape index (κ1) is 20.5. The Morgan fingerprint density at radius 2 is 1.86 bits per heavy atom. The van der Waals surface area contributed by atoms with E-state index in [0.29, 0.717) is 29.1 Å². The van der Waals surface area contributed by atoms with Crippen molar-refractivity contribution in [1.29, 1.82) is 0 Å². The van der Waals surface area contributed by atoms with Crippen LogP contribution in [0.4, 0.5) is 0 Å². The minimum absolute atomic E-state index is 0.108. The minimum atomic E-state index is -0.447. The summed E-state index contributed by atoms with van der Waals surface area (Å²) in [4.78, 5) is 24.4. The lowest BCUT2D eigenvalue weighted by molar-refractivity contribution is -0.147. The molecular weight excluding hydrogens is 372 g/mol. The maximum Gasteiger partial charge on any atom is 0.344 e. The molecule has 1 aromatic heterocycles. The molecule has 0 fully saturated rings. The number of rotatable bonds is 7. The molecule has 0 bridgehead atoms. The van der Waals surface area contributed by atoms with Gasteiger partial charge >= 0.3 is 5.97 Å². The van der Waals surface area contributed by atoms with Gasteiger partial charge in [-0.25, -0.2) is 4.79 Å². The normalized spacial score (nSPS) is 10.9. The highest BCUT2D eigenvalue weighted by atomic mass is 16.6. The summed E-state index contributed by atoms with van der Waals surface area (Å²) < 4.78 is 21.9. The fraction of sp³-hybridized carbons (Fsp3) is 0.304. The highest BCUT2D eigenvalue weighted by Gasteiger charge is 2.12. The van der Waals surface area contributed by atoms with E-state index in [1.54, 1.807) is 18.2 Å². The molecule has 3 aromatic rings. The van der Waals surface area contributed by atoms with E-state index in [9.17, 15) is 9.59 Å². The molecule has 29 heavy (non-hydrogen) atoms. The standard InChI is InChI=1S/C23H24O6/c1-14(2)11-28-22(24)13-26-17-7-8-18-20(10-17)27-12-21(23(18)25)29-19-9-15(3)5-6-16(19)4/h5-10,12,14H,11,13H2,1-4H3. The number of carbonyl (C=O) groups excluding carboxylic acids is 1. The van der Waals surface area contributed by atoms with Crippen molar-refractivity contribution in [3.8, 4) is 17.2 Å². The molecule has 0 N–H and O–H groups in total. The summed E-state index contributed by atoms with van der Waals surface area (Å²) in [7, 11) is 0. The first-order valence-electron chi connectivity index (χ1n) is 9.42. The van der Waals surface area contributed by atoms with Gasteiger partial charge in [-0.1, -0.05) is 26.0 Å². The van der Waals surface area contributed by atoms with Crippen molar-refractivity contribution in [2.45, 2.75) is 27.7 Å². The van der Waals surface area contributed by atoms with Gasteiger partial charge in [0, 0.05) is 6.07 Å². The second-order valence-electron chi connectivity index (χ2n) is 7.32. The fourth-order valence-corrected chi connectivity index (χ4v) is 2.63. The molecule has 3 rings (SSSR count). The molecule has 0 saturated heterocycles. The summed E-state index contributed by atoms with van der Waals surface area (Å²) in [5.41, 5.74) is 2.01. The molecule has 0 atom stereocenters. The van der Waals surface area contributed by atoms with E-state index < -0.39 is 5.97 Å². The molecule has 0 saturated carbocycles. The number of benzene rings is 2. The van der Waals surface area contributed by atoms with Crippen LogP contribution in [0.3, 0.4) is 0 Å². The summed E-state index contributed by atoms with van der Waals surface area (Å²) in [6, 6.07) is 10.5. The first-order valence-corrected chi connectivity index (χ1v) is 9.42. The maximum absolute atomic E-state index is 12.8. The quantitative estimate of drug-likeness (QED) is 0.535. The van der Waals surface area contributed by atoms with Crippen LogP contribution in [0.25, 0.3) is 11.0 Å². The topological polar surface area (TPSA) is 75.0 Å². The van der Waals surface area contributed by atoms with Crippen molar-refractivity contribution in [1.82, 2.24) is 0 Å². The van der Waals surface area contributed by atoms with E-state index in [2.05, 4.69) is 0 Å². The Morgan fingerprint density at radius 3 is 2.62 bits per heavy atom. The SMILES string of the molecule is Cc1ccc(C)c(Oc2coc3cc(OCC(=O)OCC(C)C)ccc3c2=O)c1. The van der Waals surface area contributed by atoms with E-state index in [1.165, 1.54) is 6.26 Å². The smallest absolute Gasteiger partial charge is 0.344 e. The van der Waals surface area contributed by atoms with Gasteiger partial charge in [-0.3, -0.25) is 4.79 Å². The van der Waals surface area contributed by atoms with E-state index in [4.69, 9.17) is 18.6 Å². The van der Waals surface area contributed by atoms with Gasteiger partial charge in [0.1, 0.15) is 23.3 Å². The lowest BCUT2D eigenvalue weighted by Gasteiger charge is -2.10. The molecule has 2 aromatic carbocycles. The summed E-state index contributed by atoms with van der Waals surface area (Å²) in [6.07, 6.45) is 1.28. The van der Waals surface area contributed by atoms with E-state index in [0.717, 1.165) is 11.1 Å². The molecule has 152 valence electrons. The van der Waals surface area contributed by atoms with Gasteiger partial charge in [0.05, 0.1) is 12.0 Å².